The molecule has 1 atom stereocenters. The van der Waals surface area contributed by atoms with E-state index >= 15 is 0 Å². The molecule has 0 saturated carbocycles. The molecule has 1 aromatic rings. The van der Waals surface area contributed by atoms with Crippen molar-refractivity contribution in [3.63, 3.8) is 0 Å². The zero-order valence-electron chi connectivity index (χ0n) is 8.30. The van der Waals surface area contributed by atoms with Gasteiger partial charge in [0.25, 0.3) is 0 Å². The maximum absolute atomic E-state index is 11.5. The van der Waals surface area contributed by atoms with Crippen molar-refractivity contribution < 1.29 is 14.7 Å². The van der Waals surface area contributed by atoms with Crippen LogP contribution in [0.1, 0.15) is 23.0 Å². The number of Topliss-reactive ketones (excluding diaryl/α,β-unsaturated/α-hetero) is 1. The Balaban J connectivity index is 2.43. The highest BCUT2D eigenvalue weighted by Gasteiger charge is 2.17. The minimum Gasteiger partial charge on any atom is -0.480 e. The molecule has 0 amide bonds. The summed E-state index contributed by atoms with van der Waals surface area (Å²) in [5.74, 6) is -0.595. The third-order valence-corrected chi connectivity index (χ3v) is 4.13. The van der Waals surface area contributed by atoms with Crippen LogP contribution < -0.4 is 0 Å². The molecule has 0 aromatic carbocycles. The van der Waals surface area contributed by atoms with Crippen LogP contribution in [-0.4, -0.2) is 27.9 Å². The molecule has 0 saturated heterocycles. The fourth-order valence-corrected chi connectivity index (χ4v) is 2.69. The highest BCUT2D eigenvalue weighted by Crippen LogP contribution is 2.18. The molecule has 0 fully saturated rings. The largest absolute Gasteiger partial charge is 0.480 e. The predicted octanol–water partition coefficient (Wildman–Crippen LogP) is 2.53. The fraction of sp³-hybridized carbons (Fsp3) is 0.400. The first kappa shape index (κ1) is 12.3. The van der Waals surface area contributed by atoms with E-state index in [1.165, 1.54) is 23.1 Å². The molecule has 1 aromatic heterocycles. The van der Waals surface area contributed by atoms with Crippen molar-refractivity contribution >= 4 is 34.9 Å². The molecule has 3 nitrogen and oxygen atoms in total. The molecule has 1 heterocycles. The predicted molar refractivity (Wildman–Crippen MR) is 62.8 cm³/mol. The molecule has 0 radical (unpaired) electrons. The third kappa shape index (κ3) is 3.68. The lowest BCUT2D eigenvalue weighted by atomic mass is 10.3. The molecule has 0 aliphatic rings. The van der Waals surface area contributed by atoms with Crippen LogP contribution >= 0.6 is 23.1 Å². The van der Waals surface area contributed by atoms with Gasteiger partial charge in [-0.05, 0) is 17.9 Å². The third-order valence-electron chi connectivity index (χ3n) is 1.86. The molecule has 82 valence electrons. The number of rotatable bonds is 6. The average molecular weight is 244 g/mol. The van der Waals surface area contributed by atoms with E-state index in [0.717, 1.165) is 0 Å². The number of thioether (sulfide) groups is 1. The SMILES string of the molecule is CCC(SCC(=O)c1cccs1)C(=O)O. The lowest BCUT2D eigenvalue weighted by Crippen LogP contribution is -2.17. The van der Waals surface area contributed by atoms with Crippen molar-refractivity contribution in [1.29, 1.82) is 0 Å². The molecule has 0 bridgehead atoms. The first-order valence-electron chi connectivity index (χ1n) is 4.56. The first-order valence-corrected chi connectivity index (χ1v) is 6.49. The van der Waals surface area contributed by atoms with Gasteiger partial charge >= 0.3 is 5.97 Å². The molecule has 0 spiro atoms. The highest BCUT2D eigenvalue weighted by atomic mass is 32.2. The fourth-order valence-electron chi connectivity index (χ4n) is 1.05. The molecule has 1 unspecified atom stereocenters. The summed E-state index contributed by atoms with van der Waals surface area (Å²) in [4.78, 5) is 22.9. The number of carbonyl (C=O) groups is 2. The van der Waals surface area contributed by atoms with E-state index in [0.29, 0.717) is 11.3 Å². The van der Waals surface area contributed by atoms with Crippen LogP contribution in [0.15, 0.2) is 17.5 Å². The van der Waals surface area contributed by atoms with Gasteiger partial charge in [-0.15, -0.1) is 23.1 Å². The zero-order chi connectivity index (χ0) is 11.3. The number of thiophene rings is 1. The van der Waals surface area contributed by atoms with Crippen molar-refractivity contribution in [2.45, 2.75) is 18.6 Å². The van der Waals surface area contributed by atoms with Gasteiger partial charge in [0.2, 0.25) is 0 Å². The van der Waals surface area contributed by atoms with Gasteiger partial charge in [0, 0.05) is 0 Å². The van der Waals surface area contributed by atoms with Crippen molar-refractivity contribution in [1.82, 2.24) is 0 Å². The molecular formula is C10H12O3S2. The van der Waals surface area contributed by atoms with Crippen LogP contribution in [0.25, 0.3) is 0 Å². The van der Waals surface area contributed by atoms with Crippen LogP contribution in [0.5, 0.6) is 0 Å². The number of hydrogen-bond acceptors (Lipinski definition) is 4. The van der Waals surface area contributed by atoms with Gasteiger partial charge in [-0.1, -0.05) is 13.0 Å². The van der Waals surface area contributed by atoms with E-state index in [9.17, 15) is 9.59 Å². The quantitative estimate of drug-likeness (QED) is 0.781. The van der Waals surface area contributed by atoms with Gasteiger partial charge in [-0.3, -0.25) is 9.59 Å². The average Bonchev–Trinajstić information content (AvgIpc) is 2.70. The smallest absolute Gasteiger partial charge is 0.316 e. The van der Waals surface area contributed by atoms with Gasteiger partial charge in [0.05, 0.1) is 10.6 Å². The molecule has 15 heavy (non-hydrogen) atoms. The van der Waals surface area contributed by atoms with Gasteiger partial charge < -0.3 is 5.11 Å². The van der Waals surface area contributed by atoms with Crippen LogP contribution in [0.4, 0.5) is 0 Å². The summed E-state index contributed by atoms with van der Waals surface area (Å²) in [7, 11) is 0. The Bertz CT molecular complexity index is 332. The van der Waals surface area contributed by atoms with Crippen LogP contribution in [0, 0.1) is 0 Å². The Hall–Kier alpha value is -0.810. The lowest BCUT2D eigenvalue weighted by Gasteiger charge is -2.07. The number of carbonyl (C=O) groups excluding carboxylic acids is 1. The topological polar surface area (TPSA) is 54.4 Å². The Kier molecular flexibility index (Phi) is 4.84. The van der Waals surface area contributed by atoms with E-state index in [2.05, 4.69) is 0 Å². The van der Waals surface area contributed by atoms with Gasteiger partial charge in [-0.25, -0.2) is 0 Å². The molecule has 1 N–H and O–H groups in total. The number of carboxylic acid groups (broad SMARTS) is 1. The maximum Gasteiger partial charge on any atom is 0.316 e. The number of carboxylic acids is 1. The van der Waals surface area contributed by atoms with Crippen molar-refractivity contribution in [3.8, 4) is 0 Å². The zero-order valence-corrected chi connectivity index (χ0v) is 9.94. The summed E-state index contributed by atoms with van der Waals surface area (Å²) in [6, 6.07) is 3.58. The summed E-state index contributed by atoms with van der Waals surface area (Å²) in [6.07, 6.45) is 0.539. The summed E-state index contributed by atoms with van der Waals surface area (Å²) in [6.45, 7) is 1.81. The second-order valence-electron chi connectivity index (χ2n) is 2.95. The summed E-state index contributed by atoms with van der Waals surface area (Å²) < 4.78 is 0. The standard InChI is InChI=1S/C10H12O3S2/c1-2-8(10(12)13)15-6-7(11)9-4-3-5-14-9/h3-5,8H,2,6H2,1H3,(H,12,13). The second kappa shape index (κ2) is 5.92. The van der Waals surface area contributed by atoms with E-state index < -0.39 is 11.2 Å². The number of aliphatic carboxylic acids is 1. The van der Waals surface area contributed by atoms with Crippen LogP contribution in [0.2, 0.25) is 0 Å². The highest BCUT2D eigenvalue weighted by molar-refractivity contribution is 8.01. The van der Waals surface area contributed by atoms with Gasteiger partial charge in [0.15, 0.2) is 5.78 Å². The second-order valence-corrected chi connectivity index (χ2v) is 5.09. The van der Waals surface area contributed by atoms with Gasteiger partial charge in [-0.2, -0.15) is 0 Å². The lowest BCUT2D eigenvalue weighted by molar-refractivity contribution is -0.136. The summed E-state index contributed by atoms with van der Waals surface area (Å²) in [5.41, 5.74) is 0. The Morgan fingerprint density at radius 3 is 2.80 bits per heavy atom. The van der Waals surface area contributed by atoms with Crippen molar-refractivity contribution in [2.75, 3.05) is 5.75 Å². The van der Waals surface area contributed by atoms with Crippen molar-refractivity contribution in [2.24, 2.45) is 0 Å². The summed E-state index contributed by atoms with van der Waals surface area (Å²) in [5, 5.41) is 10.1. The summed E-state index contributed by atoms with van der Waals surface area (Å²) >= 11 is 2.58. The van der Waals surface area contributed by atoms with Crippen LogP contribution in [0.3, 0.4) is 0 Å². The minimum absolute atomic E-state index is 0.00898. The molecule has 0 aliphatic carbocycles. The minimum atomic E-state index is -0.846. The van der Waals surface area contributed by atoms with E-state index in [4.69, 9.17) is 5.11 Å². The molecule has 1 rings (SSSR count). The number of hydrogen-bond donors (Lipinski definition) is 1. The van der Waals surface area contributed by atoms with E-state index in [-0.39, 0.29) is 11.5 Å². The van der Waals surface area contributed by atoms with Gasteiger partial charge in [0.1, 0.15) is 5.25 Å². The normalized spacial score (nSPS) is 12.3. The van der Waals surface area contributed by atoms with Crippen molar-refractivity contribution in [3.05, 3.63) is 22.4 Å². The molecule has 0 aliphatic heterocycles. The first-order chi connectivity index (χ1) is 7.15. The Morgan fingerprint density at radius 2 is 2.33 bits per heavy atom. The Morgan fingerprint density at radius 1 is 1.60 bits per heavy atom. The number of ketones is 1. The Labute approximate surface area is 96.5 Å². The molecular weight excluding hydrogens is 232 g/mol. The van der Waals surface area contributed by atoms with Crippen LogP contribution in [-0.2, 0) is 4.79 Å². The monoisotopic (exact) mass is 244 g/mol. The van der Waals surface area contributed by atoms with E-state index in [1.807, 2.05) is 11.4 Å². The van der Waals surface area contributed by atoms with E-state index in [1.54, 1.807) is 13.0 Å². The maximum atomic E-state index is 11.5. The molecule has 5 heteroatoms.